The van der Waals surface area contributed by atoms with E-state index in [0.29, 0.717) is 58.2 Å². The minimum Gasteiger partial charge on any atom is -0.378 e. The zero-order chi connectivity index (χ0) is 25.5. The Labute approximate surface area is 215 Å². The molecule has 0 spiro atoms. The van der Waals surface area contributed by atoms with Gasteiger partial charge in [0.25, 0.3) is 0 Å². The second-order valence-corrected chi connectivity index (χ2v) is 11.1. The van der Waals surface area contributed by atoms with Crippen molar-refractivity contribution in [3.8, 4) is 6.07 Å². The lowest BCUT2D eigenvalue weighted by atomic mass is 9.67. The number of carbonyl (C=O) groups excluding carboxylic acids is 3. The minimum atomic E-state index is -1.00. The Kier molecular flexibility index (Phi) is 9.10. The molecular formula is C27H42N5O4. The fourth-order valence-corrected chi connectivity index (χ4v) is 6.66. The standard InChI is InChI=1S/C27H42N5O4/c28-19-27(10-12-32(13-11-27)26(29)35)30-24(33)23(18-20-6-2-1-3-7-20)21-8-4-5-9-22(21)25(34)31-14-16-36-17-15-31/h20-21,23H,1-18H2,(H2,29,35)(H,30,33). The molecular weight excluding hydrogens is 458 g/mol. The Morgan fingerprint density at radius 2 is 1.67 bits per heavy atom. The number of nitrogens with one attached hydrogen (secondary N) is 1. The number of ether oxygens (including phenoxy) is 1. The van der Waals surface area contributed by atoms with Gasteiger partial charge in [-0.1, -0.05) is 44.9 Å². The third-order valence-corrected chi connectivity index (χ3v) is 8.87. The first kappa shape index (κ1) is 26.7. The van der Waals surface area contributed by atoms with Crippen LogP contribution in [-0.2, 0) is 14.3 Å². The van der Waals surface area contributed by atoms with Gasteiger partial charge in [-0.05, 0) is 31.1 Å². The molecule has 2 unspecified atom stereocenters. The first-order chi connectivity index (χ1) is 17.4. The monoisotopic (exact) mass is 500 g/mol. The molecule has 2 heterocycles. The molecule has 2 aliphatic heterocycles. The van der Waals surface area contributed by atoms with Crippen molar-refractivity contribution in [3.05, 3.63) is 5.92 Å². The maximum absolute atomic E-state index is 14.0. The van der Waals surface area contributed by atoms with Crippen molar-refractivity contribution in [1.82, 2.24) is 15.1 Å². The molecule has 3 N–H and O–H groups in total. The van der Waals surface area contributed by atoms with Gasteiger partial charge in [-0.15, -0.1) is 0 Å². The molecule has 0 aromatic carbocycles. The molecule has 4 fully saturated rings. The number of urea groups is 1. The number of rotatable bonds is 6. The number of nitrogens with two attached hydrogens (primary N) is 1. The molecule has 0 bridgehead atoms. The molecule has 4 amide bonds. The van der Waals surface area contributed by atoms with Crippen LogP contribution >= 0.6 is 0 Å². The number of likely N-dealkylation sites (tertiary alicyclic amines) is 1. The number of nitriles is 1. The lowest BCUT2D eigenvalue weighted by Crippen LogP contribution is -2.58. The van der Waals surface area contributed by atoms with Crippen molar-refractivity contribution in [1.29, 1.82) is 5.26 Å². The minimum absolute atomic E-state index is 0.0857. The highest BCUT2D eigenvalue weighted by Crippen LogP contribution is 2.43. The van der Waals surface area contributed by atoms with Gasteiger partial charge in [0.1, 0.15) is 5.54 Å². The number of nitrogens with zero attached hydrogens (tertiary/aromatic N) is 3. The van der Waals surface area contributed by atoms with Crippen molar-refractivity contribution in [2.75, 3.05) is 39.4 Å². The average molecular weight is 501 g/mol. The highest BCUT2D eigenvalue weighted by molar-refractivity contribution is 5.92. The van der Waals surface area contributed by atoms with E-state index in [9.17, 15) is 19.6 Å². The second-order valence-electron chi connectivity index (χ2n) is 11.1. The third-order valence-electron chi connectivity index (χ3n) is 8.87. The SMILES string of the molecule is N#CC1(NC(=O)C(CC2CCCCC2)C2CCCC[C]2C(=O)N2CCOCC2)CCN(C(N)=O)CC1. The smallest absolute Gasteiger partial charge is 0.314 e. The van der Waals surface area contributed by atoms with Crippen LogP contribution in [0.4, 0.5) is 4.79 Å². The van der Waals surface area contributed by atoms with E-state index in [0.717, 1.165) is 50.9 Å². The number of hydrogen-bond acceptors (Lipinski definition) is 5. The average Bonchev–Trinajstić information content (AvgIpc) is 2.92. The fourth-order valence-electron chi connectivity index (χ4n) is 6.66. The Hall–Kier alpha value is -2.34. The lowest BCUT2D eigenvalue weighted by molar-refractivity contribution is -0.136. The zero-order valence-electron chi connectivity index (χ0n) is 21.5. The first-order valence-electron chi connectivity index (χ1n) is 13.9. The van der Waals surface area contributed by atoms with Gasteiger partial charge < -0.3 is 25.6 Å². The topological polar surface area (TPSA) is 129 Å². The van der Waals surface area contributed by atoms with Crippen LogP contribution in [0.3, 0.4) is 0 Å². The van der Waals surface area contributed by atoms with Gasteiger partial charge in [-0.3, -0.25) is 9.59 Å². The van der Waals surface area contributed by atoms with E-state index in [-0.39, 0.29) is 23.7 Å². The second kappa shape index (κ2) is 12.3. The predicted molar refractivity (Wildman–Crippen MR) is 134 cm³/mol. The molecule has 9 nitrogen and oxygen atoms in total. The van der Waals surface area contributed by atoms with Gasteiger partial charge in [0, 0.05) is 44.9 Å². The summed E-state index contributed by atoms with van der Waals surface area (Å²) >= 11 is 0. The predicted octanol–water partition coefficient (Wildman–Crippen LogP) is 2.75. The van der Waals surface area contributed by atoms with E-state index in [1.807, 2.05) is 4.90 Å². The van der Waals surface area contributed by atoms with Crippen LogP contribution < -0.4 is 11.1 Å². The van der Waals surface area contributed by atoms with Crippen LogP contribution in [0, 0.1) is 35.0 Å². The molecule has 36 heavy (non-hydrogen) atoms. The van der Waals surface area contributed by atoms with Gasteiger partial charge in [0.15, 0.2) is 0 Å². The van der Waals surface area contributed by atoms with Gasteiger partial charge in [-0.25, -0.2) is 4.79 Å². The van der Waals surface area contributed by atoms with Crippen LogP contribution in [0.2, 0.25) is 0 Å². The van der Waals surface area contributed by atoms with Crippen molar-refractivity contribution >= 4 is 17.8 Å². The summed E-state index contributed by atoms with van der Waals surface area (Å²) in [6.45, 7) is 3.02. The largest absolute Gasteiger partial charge is 0.378 e. The molecule has 2 saturated carbocycles. The Morgan fingerprint density at radius 1 is 1.00 bits per heavy atom. The van der Waals surface area contributed by atoms with Crippen LogP contribution in [-0.4, -0.2) is 72.6 Å². The summed E-state index contributed by atoms with van der Waals surface area (Å²) in [7, 11) is 0. The summed E-state index contributed by atoms with van der Waals surface area (Å²) in [6, 6.07) is 1.85. The molecule has 9 heteroatoms. The molecule has 2 saturated heterocycles. The summed E-state index contributed by atoms with van der Waals surface area (Å²) < 4.78 is 5.45. The summed E-state index contributed by atoms with van der Waals surface area (Å²) in [5, 5.41) is 13.2. The molecule has 2 atom stereocenters. The number of piperidine rings is 1. The third kappa shape index (κ3) is 6.31. The molecule has 4 rings (SSSR count). The van der Waals surface area contributed by atoms with Crippen molar-refractivity contribution in [2.45, 2.75) is 82.6 Å². The van der Waals surface area contributed by atoms with Crippen LogP contribution in [0.15, 0.2) is 0 Å². The summed E-state index contributed by atoms with van der Waals surface area (Å²) in [5.74, 6) is 0.966. The number of hydrogen-bond donors (Lipinski definition) is 2. The molecule has 2 aliphatic carbocycles. The Morgan fingerprint density at radius 3 is 2.31 bits per heavy atom. The number of morpholine rings is 1. The normalized spacial score (nSPS) is 26.6. The summed E-state index contributed by atoms with van der Waals surface area (Å²) in [6.07, 6.45) is 10.9. The fraction of sp³-hybridized carbons (Fsp3) is 0.815. The van der Waals surface area contributed by atoms with E-state index in [2.05, 4.69) is 11.4 Å². The molecule has 0 aromatic heterocycles. The van der Waals surface area contributed by atoms with Crippen molar-refractivity contribution in [2.24, 2.45) is 23.5 Å². The number of amides is 4. The quantitative estimate of drug-likeness (QED) is 0.579. The van der Waals surface area contributed by atoms with E-state index in [1.165, 1.54) is 24.2 Å². The molecule has 1 radical (unpaired) electrons. The Balaban J connectivity index is 1.53. The van der Waals surface area contributed by atoms with Gasteiger partial charge >= 0.3 is 6.03 Å². The van der Waals surface area contributed by atoms with Crippen molar-refractivity contribution < 1.29 is 19.1 Å². The van der Waals surface area contributed by atoms with E-state index in [1.54, 1.807) is 0 Å². The summed E-state index contributed by atoms with van der Waals surface area (Å²) in [5.41, 5.74) is 4.42. The highest BCUT2D eigenvalue weighted by atomic mass is 16.5. The maximum atomic E-state index is 14.0. The van der Waals surface area contributed by atoms with E-state index >= 15 is 0 Å². The zero-order valence-corrected chi connectivity index (χ0v) is 21.5. The summed E-state index contributed by atoms with van der Waals surface area (Å²) in [4.78, 5) is 42.6. The van der Waals surface area contributed by atoms with Gasteiger partial charge in [0.2, 0.25) is 11.8 Å². The van der Waals surface area contributed by atoms with Crippen molar-refractivity contribution in [3.63, 3.8) is 0 Å². The molecule has 199 valence electrons. The molecule has 0 aromatic rings. The first-order valence-corrected chi connectivity index (χ1v) is 13.9. The van der Waals surface area contributed by atoms with Crippen LogP contribution in [0.1, 0.15) is 77.0 Å². The maximum Gasteiger partial charge on any atom is 0.314 e. The van der Waals surface area contributed by atoms with E-state index in [4.69, 9.17) is 10.5 Å². The highest BCUT2D eigenvalue weighted by Gasteiger charge is 2.45. The number of primary amides is 1. The van der Waals surface area contributed by atoms with Crippen LogP contribution in [0.25, 0.3) is 0 Å². The van der Waals surface area contributed by atoms with Gasteiger partial charge in [-0.2, -0.15) is 5.26 Å². The molecule has 4 aliphatic rings. The number of carbonyl (C=O) groups is 3. The van der Waals surface area contributed by atoms with Gasteiger partial charge in [0.05, 0.1) is 25.2 Å². The van der Waals surface area contributed by atoms with E-state index < -0.39 is 11.6 Å². The Bertz CT molecular complexity index is 823. The van der Waals surface area contributed by atoms with Crippen LogP contribution in [0.5, 0.6) is 0 Å². The lowest BCUT2D eigenvalue weighted by Gasteiger charge is -2.42.